The minimum absolute atomic E-state index is 0.252. The van der Waals surface area contributed by atoms with Crippen molar-refractivity contribution in [2.75, 3.05) is 68.5 Å². The molecule has 1 atom stereocenters. The fraction of sp³-hybridized carbons (Fsp3) is 0.857. The quantitative estimate of drug-likeness (QED) is 0.673. The van der Waals surface area contributed by atoms with Crippen molar-refractivity contribution in [3.8, 4) is 0 Å². The highest BCUT2D eigenvalue weighted by Gasteiger charge is 2.26. The van der Waals surface area contributed by atoms with Gasteiger partial charge in [0.1, 0.15) is 0 Å². The van der Waals surface area contributed by atoms with Crippen LogP contribution in [0.15, 0.2) is 4.99 Å². The molecule has 1 aliphatic heterocycles. The number of amidine groups is 1. The normalized spacial score (nSPS) is 17.3. The molecule has 0 bridgehead atoms. The van der Waals surface area contributed by atoms with Gasteiger partial charge in [-0.05, 0) is 49.8 Å². The molecule has 23 heavy (non-hydrogen) atoms. The van der Waals surface area contributed by atoms with Crippen molar-refractivity contribution in [3.05, 3.63) is 0 Å². The third kappa shape index (κ3) is 11.7. The maximum absolute atomic E-state index is 9.00. The first-order valence-electron chi connectivity index (χ1n) is 7.45. The van der Waals surface area contributed by atoms with Crippen LogP contribution in [0.3, 0.4) is 0 Å². The summed E-state index contributed by atoms with van der Waals surface area (Å²) in [6.45, 7) is 5.34. The molecule has 0 saturated carbocycles. The summed E-state index contributed by atoms with van der Waals surface area (Å²) in [6, 6.07) is 0. The zero-order chi connectivity index (χ0) is 18.0. The summed E-state index contributed by atoms with van der Waals surface area (Å²) in [4.78, 5) is 22.8. The number of carbonyl (C=O) groups is 1. The summed E-state index contributed by atoms with van der Waals surface area (Å²) in [5, 5.41) is 8.54. The molecule has 9 heteroatoms. The van der Waals surface area contributed by atoms with Crippen molar-refractivity contribution < 1.29 is 9.90 Å². The summed E-state index contributed by atoms with van der Waals surface area (Å²) in [5.74, 6) is -0.833. The van der Waals surface area contributed by atoms with Crippen LogP contribution in [0.1, 0.15) is 6.92 Å². The Hall–Kier alpha value is -0.480. The number of carboxylic acid groups (broad SMARTS) is 1. The summed E-state index contributed by atoms with van der Waals surface area (Å²) in [6.07, 6.45) is 0. The van der Waals surface area contributed by atoms with Crippen molar-refractivity contribution in [1.82, 2.24) is 19.6 Å². The van der Waals surface area contributed by atoms with Crippen molar-refractivity contribution in [3.63, 3.8) is 0 Å². The standard InChI is InChI=1S/C12H27N5S2.C2H4O2/c1-14(2)7-9-17(10-8-15(3)4)12-13-11(16(5)6)18-19-12;1-2(3)4/h12H,7-10H2,1-6H3;1H3,(H,3,4). The van der Waals surface area contributed by atoms with Gasteiger partial charge in [-0.25, -0.2) is 4.99 Å². The van der Waals surface area contributed by atoms with Gasteiger partial charge in [-0.1, -0.05) is 0 Å². The monoisotopic (exact) mass is 365 g/mol. The molecule has 0 spiro atoms. The van der Waals surface area contributed by atoms with E-state index in [2.05, 4.69) is 61.9 Å². The molecule has 0 aromatic carbocycles. The second-order valence-corrected chi connectivity index (χ2v) is 8.20. The van der Waals surface area contributed by atoms with Gasteiger partial charge in [0.2, 0.25) is 0 Å². The number of aliphatic imine (C=N–C) groups is 1. The molecular weight excluding hydrogens is 334 g/mol. The second-order valence-electron chi connectivity index (χ2n) is 5.97. The molecule has 1 unspecified atom stereocenters. The fourth-order valence-electron chi connectivity index (χ4n) is 1.55. The lowest BCUT2D eigenvalue weighted by Crippen LogP contribution is -2.40. The van der Waals surface area contributed by atoms with Gasteiger partial charge in [-0.15, -0.1) is 0 Å². The van der Waals surface area contributed by atoms with Crippen LogP contribution in [0, 0.1) is 0 Å². The van der Waals surface area contributed by atoms with E-state index in [1.54, 1.807) is 10.8 Å². The van der Waals surface area contributed by atoms with Gasteiger partial charge in [-0.3, -0.25) is 9.69 Å². The summed E-state index contributed by atoms with van der Waals surface area (Å²) in [7, 11) is 16.2. The Kier molecular flexibility index (Phi) is 11.7. The zero-order valence-electron chi connectivity index (χ0n) is 15.3. The maximum atomic E-state index is 9.00. The molecule has 0 radical (unpaired) electrons. The predicted molar refractivity (Wildman–Crippen MR) is 102 cm³/mol. The largest absolute Gasteiger partial charge is 0.481 e. The molecule has 0 aliphatic carbocycles. The first-order valence-corrected chi connectivity index (χ1v) is 9.66. The van der Waals surface area contributed by atoms with Crippen molar-refractivity contribution in [2.45, 2.75) is 12.4 Å². The van der Waals surface area contributed by atoms with E-state index in [1.165, 1.54) is 0 Å². The van der Waals surface area contributed by atoms with Crippen LogP contribution in [-0.2, 0) is 4.79 Å². The zero-order valence-corrected chi connectivity index (χ0v) is 16.9. The smallest absolute Gasteiger partial charge is 0.300 e. The van der Waals surface area contributed by atoms with E-state index in [1.807, 2.05) is 10.8 Å². The molecule has 0 amide bonds. The SMILES string of the molecule is CC(=O)O.CN(C)CCN(CCN(C)C)C1N=C(N(C)C)SS1. The molecule has 1 aliphatic rings. The van der Waals surface area contributed by atoms with Gasteiger partial charge in [0.05, 0.1) is 0 Å². The molecule has 7 nitrogen and oxygen atoms in total. The van der Waals surface area contributed by atoms with Crippen LogP contribution >= 0.6 is 21.6 Å². The average molecular weight is 366 g/mol. The number of hydrogen-bond acceptors (Lipinski definition) is 8. The number of aliphatic carboxylic acids is 1. The van der Waals surface area contributed by atoms with Crippen LogP contribution < -0.4 is 0 Å². The topological polar surface area (TPSA) is 62.6 Å². The Balaban J connectivity index is 0.00000108. The average Bonchev–Trinajstić information content (AvgIpc) is 2.87. The molecule has 1 heterocycles. The highest BCUT2D eigenvalue weighted by atomic mass is 33.1. The van der Waals surface area contributed by atoms with Gasteiger partial charge in [0, 0.05) is 47.2 Å². The van der Waals surface area contributed by atoms with Gasteiger partial charge in [0.15, 0.2) is 10.7 Å². The van der Waals surface area contributed by atoms with Crippen LogP contribution in [0.4, 0.5) is 0 Å². The number of nitrogens with zero attached hydrogens (tertiary/aromatic N) is 5. The molecular formula is C14H31N5O2S2. The Morgan fingerprint density at radius 2 is 1.48 bits per heavy atom. The third-order valence-corrected chi connectivity index (χ3v) is 5.34. The van der Waals surface area contributed by atoms with Gasteiger partial charge < -0.3 is 19.8 Å². The van der Waals surface area contributed by atoms with Crippen LogP contribution in [-0.4, -0.2) is 110 Å². The fourth-order valence-corrected chi connectivity index (χ4v) is 4.14. The van der Waals surface area contributed by atoms with E-state index in [4.69, 9.17) is 14.9 Å². The minimum Gasteiger partial charge on any atom is -0.481 e. The van der Waals surface area contributed by atoms with Crippen molar-refractivity contribution >= 4 is 32.7 Å². The first-order chi connectivity index (χ1) is 10.6. The highest BCUT2D eigenvalue weighted by Crippen LogP contribution is 2.38. The number of hydrogen-bond donors (Lipinski definition) is 1. The highest BCUT2D eigenvalue weighted by molar-refractivity contribution is 8.82. The molecule has 1 rings (SSSR count). The lowest BCUT2D eigenvalue weighted by molar-refractivity contribution is -0.134. The van der Waals surface area contributed by atoms with E-state index in [0.29, 0.717) is 0 Å². The van der Waals surface area contributed by atoms with E-state index in [0.717, 1.165) is 38.3 Å². The Morgan fingerprint density at radius 1 is 1.04 bits per heavy atom. The molecule has 0 saturated heterocycles. The van der Waals surface area contributed by atoms with Gasteiger partial charge in [-0.2, -0.15) is 0 Å². The molecule has 136 valence electrons. The Morgan fingerprint density at radius 3 is 1.78 bits per heavy atom. The second kappa shape index (κ2) is 12.0. The first kappa shape index (κ1) is 22.5. The predicted octanol–water partition coefficient (Wildman–Crippen LogP) is 1.10. The van der Waals surface area contributed by atoms with E-state index < -0.39 is 5.97 Å². The maximum Gasteiger partial charge on any atom is 0.300 e. The number of carboxylic acids is 1. The van der Waals surface area contributed by atoms with E-state index in [9.17, 15) is 0 Å². The van der Waals surface area contributed by atoms with E-state index in [-0.39, 0.29) is 5.50 Å². The summed E-state index contributed by atoms with van der Waals surface area (Å²) < 4.78 is 0. The lowest BCUT2D eigenvalue weighted by Gasteiger charge is -2.28. The summed E-state index contributed by atoms with van der Waals surface area (Å²) in [5.41, 5.74) is 0.252. The van der Waals surface area contributed by atoms with Crippen molar-refractivity contribution in [1.29, 1.82) is 0 Å². The minimum atomic E-state index is -0.833. The molecule has 0 fully saturated rings. The third-order valence-electron chi connectivity index (χ3n) is 2.79. The number of rotatable bonds is 7. The van der Waals surface area contributed by atoms with Crippen LogP contribution in [0.25, 0.3) is 0 Å². The Bertz CT molecular complexity index is 362. The van der Waals surface area contributed by atoms with Crippen LogP contribution in [0.5, 0.6) is 0 Å². The van der Waals surface area contributed by atoms with Gasteiger partial charge in [0.25, 0.3) is 5.97 Å². The van der Waals surface area contributed by atoms with Crippen LogP contribution in [0.2, 0.25) is 0 Å². The van der Waals surface area contributed by atoms with Crippen molar-refractivity contribution in [2.24, 2.45) is 4.99 Å². The van der Waals surface area contributed by atoms with Gasteiger partial charge >= 0.3 is 0 Å². The molecule has 0 aromatic heterocycles. The summed E-state index contributed by atoms with van der Waals surface area (Å²) >= 11 is 0. The Labute approximate surface area is 148 Å². The molecule has 1 N–H and O–H groups in total. The lowest BCUT2D eigenvalue weighted by atomic mass is 10.4. The van der Waals surface area contributed by atoms with E-state index >= 15 is 0 Å². The molecule has 0 aromatic rings. The number of likely N-dealkylation sites (N-methyl/N-ethyl adjacent to an activating group) is 2.